The van der Waals surface area contributed by atoms with E-state index in [0.717, 1.165) is 6.07 Å². The summed E-state index contributed by atoms with van der Waals surface area (Å²) in [4.78, 5) is 0. The molecule has 0 spiro atoms. The van der Waals surface area contributed by atoms with Gasteiger partial charge in [0.1, 0.15) is 0 Å². The third-order valence-electron chi connectivity index (χ3n) is 2.45. The molecule has 1 aromatic carbocycles. The maximum absolute atomic E-state index is 13.7. The van der Waals surface area contributed by atoms with Crippen molar-refractivity contribution in [1.82, 2.24) is 10.2 Å². The highest BCUT2D eigenvalue weighted by molar-refractivity contribution is 5.40. The fourth-order valence-corrected chi connectivity index (χ4v) is 1.57. The van der Waals surface area contributed by atoms with Crippen LogP contribution in [0.15, 0.2) is 18.2 Å². The van der Waals surface area contributed by atoms with E-state index < -0.39 is 17.6 Å². The Labute approximate surface area is 106 Å². The number of hydrogen-bond acceptors (Lipinski definition) is 2. The van der Waals surface area contributed by atoms with Crippen molar-refractivity contribution in [2.24, 2.45) is 0 Å². The lowest BCUT2D eigenvalue weighted by Crippen LogP contribution is -2.06. The predicted molar refractivity (Wildman–Crippen MR) is 59.5 cm³/mol. The summed E-state index contributed by atoms with van der Waals surface area (Å²) in [5.74, 6) is -1.24. The summed E-state index contributed by atoms with van der Waals surface area (Å²) >= 11 is 0. The van der Waals surface area contributed by atoms with Gasteiger partial charge in [-0.05, 0) is 31.5 Å². The maximum atomic E-state index is 13.7. The summed E-state index contributed by atoms with van der Waals surface area (Å²) in [5.41, 5.74) is -0.305. The number of benzene rings is 1. The first-order chi connectivity index (χ1) is 8.77. The lowest BCUT2D eigenvalue weighted by atomic mass is 10.1. The molecule has 0 unspecified atom stereocenters. The van der Waals surface area contributed by atoms with E-state index >= 15 is 0 Å². The number of rotatable bonds is 2. The number of ether oxygens (including phenoxy) is 1. The molecule has 0 saturated heterocycles. The van der Waals surface area contributed by atoms with E-state index in [1.54, 1.807) is 6.92 Å². The second-order valence-electron chi connectivity index (χ2n) is 4.09. The molecule has 0 aliphatic heterocycles. The van der Waals surface area contributed by atoms with Gasteiger partial charge in [0.25, 0.3) is 0 Å². The molecule has 0 fully saturated rings. The molecule has 7 heteroatoms. The molecule has 0 radical (unpaired) electrons. The average molecular weight is 274 g/mol. The Morgan fingerprint density at radius 3 is 2.32 bits per heavy atom. The zero-order valence-corrected chi connectivity index (χ0v) is 10.1. The van der Waals surface area contributed by atoms with E-state index in [1.807, 2.05) is 0 Å². The number of alkyl halides is 3. The molecule has 1 aromatic heterocycles. The van der Waals surface area contributed by atoms with Gasteiger partial charge in [0.15, 0.2) is 11.6 Å². The molecule has 2 rings (SSSR count). The number of aromatic nitrogens is 2. The molecule has 0 bridgehead atoms. The van der Waals surface area contributed by atoms with Crippen molar-refractivity contribution in [2.75, 3.05) is 0 Å². The first-order valence-corrected chi connectivity index (χ1v) is 5.34. The lowest BCUT2D eigenvalue weighted by molar-refractivity contribution is -0.137. The van der Waals surface area contributed by atoms with Crippen LogP contribution in [0.3, 0.4) is 0 Å². The van der Waals surface area contributed by atoms with Crippen molar-refractivity contribution in [1.29, 1.82) is 0 Å². The van der Waals surface area contributed by atoms with Crippen LogP contribution in [0.25, 0.3) is 0 Å². The van der Waals surface area contributed by atoms with Crippen LogP contribution in [0.4, 0.5) is 17.6 Å². The van der Waals surface area contributed by atoms with Gasteiger partial charge in [-0.1, -0.05) is 0 Å². The van der Waals surface area contributed by atoms with Crippen molar-refractivity contribution in [3.8, 4) is 11.6 Å². The van der Waals surface area contributed by atoms with Crippen molar-refractivity contribution in [2.45, 2.75) is 20.0 Å². The molecule has 1 heterocycles. The Morgan fingerprint density at radius 2 is 1.84 bits per heavy atom. The van der Waals surface area contributed by atoms with Crippen molar-refractivity contribution < 1.29 is 22.3 Å². The number of hydrogen-bond donors (Lipinski definition) is 1. The van der Waals surface area contributed by atoms with Crippen LogP contribution >= 0.6 is 0 Å². The van der Waals surface area contributed by atoms with E-state index in [-0.39, 0.29) is 17.2 Å². The SMILES string of the molecule is Cc1cc(Oc2c(C)cc(C(F)(F)F)cc2F)n[nH]1. The second-order valence-corrected chi connectivity index (χ2v) is 4.09. The summed E-state index contributed by atoms with van der Waals surface area (Å²) < 4.78 is 56.3. The Kier molecular flexibility index (Phi) is 3.21. The molecular weight excluding hydrogens is 264 g/mol. The smallest absolute Gasteiger partial charge is 0.416 e. The molecule has 3 nitrogen and oxygen atoms in total. The minimum absolute atomic E-state index is 0.0491. The quantitative estimate of drug-likeness (QED) is 0.841. The first kappa shape index (κ1) is 13.4. The van der Waals surface area contributed by atoms with Gasteiger partial charge in [0.05, 0.1) is 5.56 Å². The van der Waals surface area contributed by atoms with Crippen LogP contribution in [0, 0.1) is 19.7 Å². The van der Waals surface area contributed by atoms with Crippen LogP contribution in [0.1, 0.15) is 16.8 Å². The van der Waals surface area contributed by atoms with Crippen LogP contribution in [0.5, 0.6) is 11.6 Å². The molecule has 0 aliphatic rings. The van der Waals surface area contributed by atoms with Crippen molar-refractivity contribution in [3.05, 3.63) is 40.8 Å². The molecule has 1 N–H and O–H groups in total. The van der Waals surface area contributed by atoms with Crippen molar-refractivity contribution >= 4 is 0 Å². The summed E-state index contributed by atoms with van der Waals surface area (Å²) in [6.45, 7) is 3.06. The fourth-order valence-electron chi connectivity index (χ4n) is 1.57. The van der Waals surface area contributed by atoms with E-state index in [0.29, 0.717) is 11.8 Å². The average Bonchev–Trinajstić information content (AvgIpc) is 2.68. The Balaban J connectivity index is 2.37. The van der Waals surface area contributed by atoms with Gasteiger partial charge in [-0.15, -0.1) is 5.10 Å². The van der Waals surface area contributed by atoms with E-state index in [1.165, 1.54) is 13.0 Å². The molecule has 102 valence electrons. The minimum Gasteiger partial charge on any atom is -0.434 e. The van der Waals surface area contributed by atoms with Gasteiger partial charge < -0.3 is 4.74 Å². The van der Waals surface area contributed by atoms with Crippen LogP contribution in [0.2, 0.25) is 0 Å². The number of H-pyrrole nitrogens is 1. The Hall–Kier alpha value is -2.05. The number of nitrogens with one attached hydrogen (secondary N) is 1. The molecular formula is C12H10F4N2O. The maximum Gasteiger partial charge on any atom is 0.416 e. The number of halogens is 4. The molecule has 0 amide bonds. The van der Waals surface area contributed by atoms with Gasteiger partial charge in [0, 0.05) is 11.8 Å². The topological polar surface area (TPSA) is 37.9 Å². The van der Waals surface area contributed by atoms with E-state index in [2.05, 4.69) is 10.2 Å². The zero-order valence-electron chi connectivity index (χ0n) is 10.1. The zero-order chi connectivity index (χ0) is 14.2. The van der Waals surface area contributed by atoms with Crippen LogP contribution in [-0.2, 0) is 6.18 Å². The minimum atomic E-state index is -4.59. The fraction of sp³-hybridized carbons (Fsp3) is 0.250. The first-order valence-electron chi connectivity index (χ1n) is 5.34. The second kappa shape index (κ2) is 4.56. The summed E-state index contributed by atoms with van der Waals surface area (Å²) in [6.07, 6.45) is -4.59. The third-order valence-corrected chi connectivity index (χ3v) is 2.45. The highest BCUT2D eigenvalue weighted by Crippen LogP contribution is 2.35. The van der Waals surface area contributed by atoms with Gasteiger partial charge in [-0.3, -0.25) is 5.10 Å². The third kappa shape index (κ3) is 2.86. The van der Waals surface area contributed by atoms with Gasteiger partial charge in [0.2, 0.25) is 5.88 Å². The van der Waals surface area contributed by atoms with E-state index in [9.17, 15) is 17.6 Å². The summed E-state index contributed by atoms with van der Waals surface area (Å²) in [6, 6.07) is 2.75. The van der Waals surface area contributed by atoms with Gasteiger partial charge in [-0.25, -0.2) is 4.39 Å². The number of aromatic amines is 1. The van der Waals surface area contributed by atoms with Crippen LogP contribution < -0.4 is 4.74 Å². The molecule has 2 aromatic rings. The highest BCUT2D eigenvalue weighted by atomic mass is 19.4. The Morgan fingerprint density at radius 1 is 1.16 bits per heavy atom. The predicted octanol–water partition coefficient (Wildman–Crippen LogP) is 3.98. The van der Waals surface area contributed by atoms with Crippen molar-refractivity contribution in [3.63, 3.8) is 0 Å². The largest absolute Gasteiger partial charge is 0.434 e. The monoisotopic (exact) mass is 274 g/mol. The van der Waals surface area contributed by atoms with E-state index in [4.69, 9.17) is 4.74 Å². The number of nitrogens with zero attached hydrogens (tertiary/aromatic N) is 1. The van der Waals surface area contributed by atoms with Crippen LogP contribution in [-0.4, -0.2) is 10.2 Å². The molecule has 0 saturated carbocycles. The molecule has 19 heavy (non-hydrogen) atoms. The lowest BCUT2D eigenvalue weighted by Gasteiger charge is -2.12. The van der Waals surface area contributed by atoms with Gasteiger partial charge >= 0.3 is 6.18 Å². The summed E-state index contributed by atoms with van der Waals surface area (Å²) in [5, 5.41) is 6.31. The normalized spacial score (nSPS) is 11.7. The Bertz CT molecular complexity index is 581. The standard InChI is InChI=1S/C12H10F4N2O/c1-6-3-8(12(14,15)16)5-9(13)11(6)19-10-4-7(2)17-18-10/h3-5H,1-2H3,(H,17,18). The molecule has 0 aliphatic carbocycles. The number of aryl methyl sites for hydroxylation is 2. The van der Waals surface area contributed by atoms with Gasteiger partial charge in [-0.2, -0.15) is 13.2 Å². The highest BCUT2D eigenvalue weighted by Gasteiger charge is 2.32. The molecule has 0 atom stereocenters. The summed E-state index contributed by atoms with van der Waals surface area (Å²) in [7, 11) is 0.